The molecule has 0 bridgehead atoms. The van der Waals surface area contributed by atoms with E-state index in [0.717, 1.165) is 0 Å². The lowest BCUT2D eigenvalue weighted by atomic mass is 9.97. The van der Waals surface area contributed by atoms with Crippen LogP contribution in [0.3, 0.4) is 0 Å². The SMILES string of the molecule is CC(=O)/C=C\N[C@@H]1C(O)O[C@H](CO)[C@@H](O)[C@@H]1O. The van der Waals surface area contributed by atoms with Crippen LogP contribution in [0.5, 0.6) is 0 Å². The van der Waals surface area contributed by atoms with Gasteiger partial charge in [-0.15, -0.1) is 0 Å². The first kappa shape index (κ1) is 14.1. The van der Waals surface area contributed by atoms with Crippen molar-refractivity contribution in [3.8, 4) is 0 Å². The van der Waals surface area contributed by atoms with Crippen LogP contribution in [-0.2, 0) is 9.53 Å². The van der Waals surface area contributed by atoms with Crippen molar-refractivity contribution < 1.29 is 30.0 Å². The second-order valence-electron chi connectivity index (χ2n) is 3.87. The summed E-state index contributed by atoms with van der Waals surface area (Å²) in [5, 5.41) is 40.2. The molecule has 7 heteroatoms. The van der Waals surface area contributed by atoms with Gasteiger partial charge in [-0.2, -0.15) is 0 Å². The molecular formula is C10H17NO6. The van der Waals surface area contributed by atoms with Crippen molar-refractivity contribution in [3.05, 3.63) is 12.3 Å². The maximum atomic E-state index is 10.6. The van der Waals surface area contributed by atoms with Crippen molar-refractivity contribution in [1.82, 2.24) is 5.32 Å². The Kier molecular flexibility index (Phi) is 5.03. The summed E-state index contributed by atoms with van der Waals surface area (Å²) in [4.78, 5) is 10.6. The van der Waals surface area contributed by atoms with Gasteiger partial charge in [-0.25, -0.2) is 0 Å². The molecular weight excluding hydrogens is 230 g/mol. The zero-order chi connectivity index (χ0) is 13.0. The van der Waals surface area contributed by atoms with Crippen molar-refractivity contribution in [2.75, 3.05) is 6.61 Å². The van der Waals surface area contributed by atoms with Crippen LogP contribution in [0, 0.1) is 0 Å². The highest BCUT2D eigenvalue weighted by atomic mass is 16.6. The Morgan fingerprint density at radius 2 is 2.00 bits per heavy atom. The van der Waals surface area contributed by atoms with Gasteiger partial charge in [0.2, 0.25) is 0 Å². The van der Waals surface area contributed by atoms with E-state index >= 15 is 0 Å². The van der Waals surface area contributed by atoms with Crippen LogP contribution < -0.4 is 5.32 Å². The molecule has 1 fully saturated rings. The Bertz CT molecular complexity index is 295. The molecule has 17 heavy (non-hydrogen) atoms. The number of carbonyl (C=O) groups is 1. The van der Waals surface area contributed by atoms with Gasteiger partial charge in [0, 0.05) is 6.20 Å². The van der Waals surface area contributed by atoms with Gasteiger partial charge in [0.15, 0.2) is 12.1 Å². The van der Waals surface area contributed by atoms with Gasteiger partial charge in [-0.05, 0) is 13.0 Å². The topological polar surface area (TPSA) is 119 Å². The second-order valence-corrected chi connectivity index (χ2v) is 3.87. The molecule has 0 amide bonds. The summed E-state index contributed by atoms with van der Waals surface area (Å²) < 4.78 is 4.90. The molecule has 1 rings (SSSR count). The van der Waals surface area contributed by atoms with Crippen molar-refractivity contribution in [2.45, 2.75) is 37.6 Å². The van der Waals surface area contributed by atoms with Gasteiger partial charge in [-0.3, -0.25) is 4.79 Å². The number of hydrogen-bond acceptors (Lipinski definition) is 7. The largest absolute Gasteiger partial charge is 0.394 e. The summed E-state index contributed by atoms with van der Waals surface area (Å²) in [6.07, 6.45) is -2.57. The molecule has 5 atom stereocenters. The minimum atomic E-state index is -1.39. The van der Waals surface area contributed by atoms with Crippen LogP contribution in [-0.4, -0.2) is 63.5 Å². The first-order valence-corrected chi connectivity index (χ1v) is 5.21. The van der Waals surface area contributed by atoms with Crippen LogP contribution >= 0.6 is 0 Å². The fraction of sp³-hybridized carbons (Fsp3) is 0.700. The number of aliphatic hydroxyl groups is 4. The average Bonchev–Trinajstić information content (AvgIpc) is 2.27. The number of carbonyl (C=O) groups excluding carboxylic acids is 1. The predicted molar refractivity (Wildman–Crippen MR) is 56.7 cm³/mol. The van der Waals surface area contributed by atoms with Gasteiger partial charge in [-0.1, -0.05) is 0 Å². The second kappa shape index (κ2) is 6.08. The van der Waals surface area contributed by atoms with Crippen LogP contribution in [0.1, 0.15) is 6.92 Å². The summed E-state index contributed by atoms with van der Waals surface area (Å²) in [7, 11) is 0. The quantitative estimate of drug-likeness (QED) is 0.348. The summed E-state index contributed by atoms with van der Waals surface area (Å²) in [6, 6.07) is -0.969. The molecule has 0 aromatic heterocycles. The monoisotopic (exact) mass is 247 g/mol. The van der Waals surface area contributed by atoms with E-state index in [1.807, 2.05) is 0 Å². The average molecular weight is 247 g/mol. The Morgan fingerprint density at radius 1 is 1.35 bits per heavy atom. The van der Waals surface area contributed by atoms with Gasteiger partial charge < -0.3 is 30.5 Å². The van der Waals surface area contributed by atoms with E-state index in [0.29, 0.717) is 0 Å². The summed E-state index contributed by atoms with van der Waals surface area (Å²) in [5.74, 6) is -0.202. The highest BCUT2D eigenvalue weighted by Gasteiger charge is 2.43. The van der Waals surface area contributed by atoms with Crippen molar-refractivity contribution >= 4 is 5.78 Å². The highest BCUT2D eigenvalue weighted by Crippen LogP contribution is 2.19. The van der Waals surface area contributed by atoms with E-state index in [1.165, 1.54) is 19.2 Å². The lowest BCUT2D eigenvalue weighted by Crippen LogP contribution is -2.62. The first-order valence-electron chi connectivity index (χ1n) is 5.21. The molecule has 1 aliphatic rings. The molecule has 0 aliphatic carbocycles. The van der Waals surface area contributed by atoms with Gasteiger partial charge in [0.1, 0.15) is 24.4 Å². The van der Waals surface area contributed by atoms with Crippen molar-refractivity contribution in [3.63, 3.8) is 0 Å². The maximum absolute atomic E-state index is 10.6. The molecule has 0 aromatic carbocycles. The van der Waals surface area contributed by atoms with Crippen LogP contribution in [0.2, 0.25) is 0 Å². The molecule has 1 unspecified atom stereocenters. The molecule has 1 aliphatic heterocycles. The van der Waals surface area contributed by atoms with E-state index in [9.17, 15) is 20.1 Å². The summed E-state index contributed by atoms with van der Waals surface area (Å²) >= 11 is 0. The minimum absolute atomic E-state index is 0.202. The predicted octanol–water partition coefficient (Wildman–Crippen LogP) is -2.52. The molecule has 98 valence electrons. The number of rotatable bonds is 4. The summed E-state index contributed by atoms with van der Waals surface area (Å²) in [6.45, 7) is 0.838. The van der Waals surface area contributed by atoms with Gasteiger partial charge in [0.25, 0.3) is 0 Å². The van der Waals surface area contributed by atoms with E-state index in [-0.39, 0.29) is 5.78 Å². The standard InChI is InChI=1S/C10H17NO6/c1-5(13)2-3-11-7-9(15)8(14)6(4-12)17-10(7)16/h2-3,6-12,14-16H,4H2,1H3/b3-2-/t6-,7+,8-,9-,10?/m1/s1. The Balaban J connectivity index is 2.63. The summed E-state index contributed by atoms with van der Waals surface area (Å²) in [5.41, 5.74) is 0. The van der Waals surface area contributed by atoms with E-state index in [4.69, 9.17) is 9.84 Å². The van der Waals surface area contributed by atoms with E-state index in [2.05, 4.69) is 5.32 Å². The molecule has 7 nitrogen and oxygen atoms in total. The number of ketones is 1. The van der Waals surface area contributed by atoms with Crippen molar-refractivity contribution in [2.24, 2.45) is 0 Å². The fourth-order valence-corrected chi connectivity index (χ4v) is 1.55. The van der Waals surface area contributed by atoms with Gasteiger partial charge in [0.05, 0.1) is 6.61 Å². The third-order valence-electron chi connectivity index (χ3n) is 2.51. The highest BCUT2D eigenvalue weighted by molar-refractivity contribution is 5.87. The Hall–Kier alpha value is -0.990. The first-order chi connectivity index (χ1) is 7.97. The molecule has 0 spiro atoms. The minimum Gasteiger partial charge on any atom is -0.394 e. The fourth-order valence-electron chi connectivity index (χ4n) is 1.55. The van der Waals surface area contributed by atoms with E-state index in [1.54, 1.807) is 0 Å². The zero-order valence-electron chi connectivity index (χ0n) is 9.35. The van der Waals surface area contributed by atoms with Gasteiger partial charge >= 0.3 is 0 Å². The lowest BCUT2D eigenvalue weighted by Gasteiger charge is -2.40. The maximum Gasteiger partial charge on any atom is 0.178 e. The molecule has 1 heterocycles. The van der Waals surface area contributed by atoms with Crippen molar-refractivity contribution in [1.29, 1.82) is 0 Å². The van der Waals surface area contributed by atoms with Crippen LogP contribution in [0.4, 0.5) is 0 Å². The van der Waals surface area contributed by atoms with Crippen LogP contribution in [0.15, 0.2) is 12.3 Å². The number of hydrogen-bond donors (Lipinski definition) is 5. The Labute approximate surface area is 98.3 Å². The molecule has 0 aromatic rings. The van der Waals surface area contributed by atoms with E-state index < -0.39 is 37.3 Å². The molecule has 5 N–H and O–H groups in total. The molecule has 1 saturated heterocycles. The smallest absolute Gasteiger partial charge is 0.178 e. The Morgan fingerprint density at radius 3 is 2.53 bits per heavy atom. The zero-order valence-corrected chi connectivity index (χ0v) is 9.35. The number of aliphatic hydroxyl groups excluding tert-OH is 4. The molecule has 0 radical (unpaired) electrons. The van der Waals surface area contributed by atoms with Crippen LogP contribution in [0.25, 0.3) is 0 Å². The number of allylic oxidation sites excluding steroid dienone is 1. The number of nitrogens with one attached hydrogen (secondary N) is 1. The number of ether oxygens (including phenoxy) is 1. The molecule has 0 saturated carbocycles. The normalized spacial score (nSPS) is 38.3. The third kappa shape index (κ3) is 3.48. The lowest BCUT2D eigenvalue weighted by molar-refractivity contribution is -0.252. The third-order valence-corrected chi connectivity index (χ3v) is 2.51.